The molecule has 3 atom stereocenters. The highest BCUT2D eigenvalue weighted by atomic mass is 19.1. The fourth-order valence-electron chi connectivity index (χ4n) is 3.22. The van der Waals surface area contributed by atoms with Crippen LogP contribution < -0.4 is 5.32 Å². The Morgan fingerprint density at radius 3 is 2.81 bits per heavy atom. The van der Waals surface area contributed by atoms with Crippen molar-refractivity contribution >= 4 is 0 Å². The Kier molecular flexibility index (Phi) is 5.77. The van der Waals surface area contributed by atoms with E-state index in [1.54, 1.807) is 12.1 Å². The minimum Gasteiger partial charge on any atom is -0.311 e. The van der Waals surface area contributed by atoms with Gasteiger partial charge in [0.15, 0.2) is 0 Å². The van der Waals surface area contributed by atoms with Crippen LogP contribution in [0.15, 0.2) is 18.2 Å². The summed E-state index contributed by atoms with van der Waals surface area (Å²) >= 11 is 0. The van der Waals surface area contributed by atoms with E-state index in [0.29, 0.717) is 18.0 Å². The van der Waals surface area contributed by atoms with Gasteiger partial charge in [-0.1, -0.05) is 33.3 Å². The predicted molar refractivity (Wildman–Crippen MR) is 86.9 cm³/mol. The maximum Gasteiger partial charge on any atom is 0.123 e. The molecule has 1 saturated heterocycles. The fraction of sp³-hybridized carbons (Fsp3) is 0.667. The van der Waals surface area contributed by atoms with E-state index in [4.69, 9.17) is 0 Å². The largest absolute Gasteiger partial charge is 0.311 e. The van der Waals surface area contributed by atoms with Crippen molar-refractivity contribution in [2.45, 2.75) is 59.2 Å². The van der Waals surface area contributed by atoms with Crippen molar-refractivity contribution < 1.29 is 4.39 Å². The molecule has 0 bridgehead atoms. The molecule has 0 saturated carbocycles. The number of rotatable bonds is 5. The van der Waals surface area contributed by atoms with E-state index in [1.807, 2.05) is 6.07 Å². The third-order valence-electron chi connectivity index (χ3n) is 5.02. The molecule has 1 aromatic rings. The van der Waals surface area contributed by atoms with Crippen molar-refractivity contribution in [2.24, 2.45) is 5.92 Å². The first-order valence-electron chi connectivity index (χ1n) is 8.27. The van der Waals surface area contributed by atoms with Crippen molar-refractivity contribution in [1.29, 1.82) is 0 Å². The summed E-state index contributed by atoms with van der Waals surface area (Å²) in [5.74, 6) is 0.530. The molecule has 1 aliphatic heterocycles. The summed E-state index contributed by atoms with van der Waals surface area (Å²) in [4.78, 5) is 2.56. The average Bonchev–Trinajstić information content (AvgIpc) is 2.50. The molecule has 1 fully saturated rings. The second kappa shape index (κ2) is 7.37. The standard InChI is InChI=1S/C18H29FN2/c1-5-13(3)18-10-20-17(6-2)12-21(18)11-15-9-16(19)8-7-14(15)4/h7-9,13,17-18,20H,5-6,10-12H2,1-4H3. The third-order valence-corrected chi connectivity index (χ3v) is 5.02. The molecule has 1 aliphatic rings. The Morgan fingerprint density at radius 1 is 1.38 bits per heavy atom. The van der Waals surface area contributed by atoms with Crippen LogP contribution in [-0.2, 0) is 6.54 Å². The molecule has 2 rings (SSSR count). The van der Waals surface area contributed by atoms with Gasteiger partial charge in [0.25, 0.3) is 0 Å². The zero-order valence-corrected chi connectivity index (χ0v) is 13.8. The number of halogens is 1. The van der Waals surface area contributed by atoms with Crippen molar-refractivity contribution in [3.05, 3.63) is 35.1 Å². The lowest BCUT2D eigenvalue weighted by molar-refractivity contribution is 0.0830. The summed E-state index contributed by atoms with van der Waals surface area (Å²) in [6, 6.07) is 6.24. The molecule has 0 spiro atoms. The summed E-state index contributed by atoms with van der Waals surface area (Å²) in [6.45, 7) is 11.8. The number of nitrogens with zero attached hydrogens (tertiary/aromatic N) is 1. The molecule has 1 N–H and O–H groups in total. The molecule has 0 radical (unpaired) electrons. The lowest BCUT2D eigenvalue weighted by Crippen LogP contribution is -2.57. The SMILES string of the molecule is CCC1CN(Cc2cc(F)ccc2C)C(C(C)CC)CN1. The van der Waals surface area contributed by atoms with E-state index in [1.165, 1.54) is 12.0 Å². The van der Waals surface area contributed by atoms with E-state index in [9.17, 15) is 4.39 Å². The van der Waals surface area contributed by atoms with E-state index < -0.39 is 0 Å². The monoisotopic (exact) mass is 292 g/mol. The molecule has 2 nitrogen and oxygen atoms in total. The van der Waals surface area contributed by atoms with Crippen molar-refractivity contribution in [2.75, 3.05) is 13.1 Å². The van der Waals surface area contributed by atoms with Crippen LogP contribution in [0.5, 0.6) is 0 Å². The topological polar surface area (TPSA) is 15.3 Å². The van der Waals surface area contributed by atoms with Crippen LogP contribution in [0.2, 0.25) is 0 Å². The summed E-state index contributed by atoms with van der Waals surface area (Å²) in [7, 11) is 0. The van der Waals surface area contributed by atoms with Crippen LogP contribution in [0.4, 0.5) is 4.39 Å². The smallest absolute Gasteiger partial charge is 0.123 e. The van der Waals surface area contributed by atoms with Gasteiger partial charge in [-0.3, -0.25) is 4.90 Å². The van der Waals surface area contributed by atoms with Gasteiger partial charge in [0.05, 0.1) is 0 Å². The average molecular weight is 292 g/mol. The highest BCUT2D eigenvalue weighted by molar-refractivity contribution is 5.26. The van der Waals surface area contributed by atoms with Crippen molar-refractivity contribution in [1.82, 2.24) is 10.2 Å². The minimum atomic E-state index is -0.127. The lowest BCUT2D eigenvalue weighted by atomic mass is 9.93. The zero-order chi connectivity index (χ0) is 15.4. The van der Waals surface area contributed by atoms with Gasteiger partial charge in [-0.25, -0.2) is 4.39 Å². The second-order valence-electron chi connectivity index (χ2n) is 6.47. The molecule has 1 aromatic carbocycles. The predicted octanol–water partition coefficient (Wildman–Crippen LogP) is 3.73. The summed E-state index contributed by atoms with van der Waals surface area (Å²) in [5.41, 5.74) is 2.31. The fourth-order valence-corrected chi connectivity index (χ4v) is 3.22. The van der Waals surface area contributed by atoms with Crippen LogP contribution >= 0.6 is 0 Å². The number of nitrogens with one attached hydrogen (secondary N) is 1. The molecular weight excluding hydrogens is 263 g/mol. The summed E-state index contributed by atoms with van der Waals surface area (Å²) in [5, 5.41) is 3.66. The van der Waals surface area contributed by atoms with Gasteiger partial charge in [0, 0.05) is 31.7 Å². The first-order chi connectivity index (χ1) is 10.0. The Balaban J connectivity index is 2.17. The molecule has 0 aliphatic carbocycles. The molecule has 3 unspecified atom stereocenters. The number of hydrogen-bond acceptors (Lipinski definition) is 2. The van der Waals surface area contributed by atoms with Crippen LogP contribution in [0.1, 0.15) is 44.7 Å². The van der Waals surface area contributed by atoms with E-state index >= 15 is 0 Å². The van der Waals surface area contributed by atoms with Crippen LogP contribution in [0.3, 0.4) is 0 Å². The summed E-state index contributed by atoms with van der Waals surface area (Å²) in [6.07, 6.45) is 2.33. The molecule has 0 amide bonds. The van der Waals surface area contributed by atoms with E-state index in [-0.39, 0.29) is 5.82 Å². The minimum absolute atomic E-state index is 0.127. The maximum absolute atomic E-state index is 13.5. The Hall–Kier alpha value is -0.930. The first kappa shape index (κ1) is 16.4. The number of benzene rings is 1. The summed E-state index contributed by atoms with van der Waals surface area (Å²) < 4.78 is 13.5. The third kappa shape index (κ3) is 4.04. The van der Waals surface area contributed by atoms with Crippen LogP contribution in [0, 0.1) is 18.7 Å². The van der Waals surface area contributed by atoms with Gasteiger partial charge in [-0.15, -0.1) is 0 Å². The number of piperazine rings is 1. The van der Waals surface area contributed by atoms with Gasteiger partial charge in [0.2, 0.25) is 0 Å². The molecule has 3 heteroatoms. The van der Waals surface area contributed by atoms with E-state index in [2.05, 4.69) is 37.9 Å². The van der Waals surface area contributed by atoms with Crippen molar-refractivity contribution in [3.8, 4) is 0 Å². The van der Waals surface area contributed by atoms with Gasteiger partial charge in [0.1, 0.15) is 5.82 Å². The molecule has 0 aromatic heterocycles. The molecule has 1 heterocycles. The maximum atomic E-state index is 13.5. The van der Waals surface area contributed by atoms with E-state index in [0.717, 1.165) is 31.6 Å². The normalized spacial score (nSPS) is 25.0. The van der Waals surface area contributed by atoms with Crippen LogP contribution in [0.25, 0.3) is 0 Å². The second-order valence-corrected chi connectivity index (χ2v) is 6.47. The van der Waals surface area contributed by atoms with Gasteiger partial charge < -0.3 is 5.32 Å². The quantitative estimate of drug-likeness (QED) is 0.889. The highest BCUT2D eigenvalue weighted by Crippen LogP contribution is 2.23. The Bertz CT molecular complexity index is 461. The van der Waals surface area contributed by atoms with Gasteiger partial charge in [-0.2, -0.15) is 0 Å². The van der Waals surface area contributed by atoms with Gasteiger partial charge in [-0.05, 0) is 42.5 Å². The number of aryl methyl sites for hydroxylation is 1. The number of hydrogen-bond donors (Lipinski definition) is 1. The Morgan fingerprint density at radius 2 is 2.14 bits per heavy atom. The molecule has 118 valence electrons. The molecule has 21 heavy (non-hydrogen) atoms. The lowest BCUT2D eigenvalue weighted by Gasteiger charge is -2.43. The van der Waals surface area contributed by atoms with Crippen LogP contribution in [-0.4, -0.2) is 30.1 Å². The first-order valence-corrected chi connectivity index (χ1v) is 8.27. The zero-order valence-electron chi connectivity index (χ0n) is 13.8. The van der Waals surface area contributed by atoms with Gasteiger partial charge >= 0.3 is 0 Å². The Labute approximate surface area is 128 Å². The highest BCUT2D eigenvalue weighted by Gasteiger charge is 2.30. The molecular formula is C18H29FN2. The van der Waals surface area contributed by atoms with Crippen molar-refractivity contribution in [3.63, 3.8) is 0 Å².